The van der Waals surface area contributed by atoms with E-state index in [1.807, 2.05) is 0 Å². The fraction of sp³-hybridized carbons (Fsp3) is 0.214. The Kier molecular flexibility index (Phi) is 4.57. The van der Waals surface area contributed by atoms with Gasteiger partial charge >= 0.3 is 0 Å². The first-order valence-electron chi connectivity index (χ1n) is 5.99. The number of aryl methyl sites for hydroxylation is 1. The first kappa shape index (κ1) is 14.7. The van der Waals surface area contributed by atoms with E-state index in [2.05, 4.69) is 26.2 Å². The van der Waals surface area contributed by atoms with E-state index < -0.39 is 0 Å². The fourth-order valence-electron chi connectivity index (χ4n) is 1.81. The van der Waals surface area contributed by atoms with Crippen molar-refractivity contribution in [3.05, 3.63) is 51.5 Å². The Morgan fingerprint density at radius 2 is 2.15 bits per heavy atom. The molecule has 0 aliphatic rings. The molecular formula is C14H14BrFN2O2. The highest BCUT2D eigenvalue weighted by molar-refractivity contribution is 9.10. The van der Waals surface area contributed by atoms with Crippen LogP contribution in [-0.2, 0) is 13.2 Å². The third-order valence-electron chi connectivity index (χ3n) is 2.99. The number of nitrogens with one attached hydrogen (secondary N) is 1. The van der Waals surface area contributed by atoms with E-state index in [1.165, 1.54) is 12.3 Å². The summed E-state index contributed by atoms with van der Waals surface area (Å²) in [7, 11) is 0. The van der Waals surface area contributed by atoms with Gasteiger partial charge in [-0.25, -0.2) is 4.39 Å². The first-order chi connectivity index (χ1) is 9.52. The number of rotatable bonds is 4. The molecule has 2 aromatic rings. The van der Waals surface area contributed by atoms with Gasteiger partial charge in [0.1, 0.15) is 11.6 Å². The van der Waals surface area contributed by atoms with Crippen molar-refractivity contribution >= 4 is 21.6 Å². The second kappa shape index (κ2) is 6.19. The largest absolute Gasteiger partial charge is 0.506 e. The van der Waals surface area contributed by atoms with E-state index in [9.17, 15) is 14.6 Å². The van der Waals surface area contributed by atoms with Gasteiger partial charge in [0.05, 0.1) is 16.8 Å². The highest BCUT2D eigenvalue weighted by atomic mass is 79.9. The van der Waals surface area contributed by atoms with Crippen molar-refractivity contribution in [3.8, 4) is 5.75 Å². The molecule has 1 aromatic heterocycles. The number of anilines is 1. The molecule has 1 aromatic carbocycles. The Hall–Kier alpha value is -1.66. The lowest BCUT2D eigenvalue weighted by molar-refractivity contribution is 0.279. The second-order valence-corrected chi connectivity index (χ2v) is 5.19. The summed E-state index contributed by atoms with van der Waals surface area (Å²) < 4.78 is 13.8. The molecule has 6 heteroatoms. The van der Waals surface area contributed by atoms with Crippen molar-refractivity contribution in [1.29, 1.82) is 0 Å². The van der Waals surface area contributed by atoms with Crippen LogP contribution in [0.3, 0.4) is 0 Å². The van der Waals surface area contributed by atoms with Gasteiger partial charge in [0, 0.05) is 29.6 Å². The van der Waals surface area contributed by atoms with Gasteiger partial charge in [0.25, 0.3) is 0 Å². The summed E-state index contributed by atoms with van der Waals surface area (Å²) in [5, 5.41) is 22.3. The first-order valence-corrected chi connectivity index (χ1v) is 6.78. The van der Waals surface area contributed by atoms with Gasteiger partial charge in [-0.15, -0.1) is 0 Å². The number of aromatic hydroxyl groups is 1. The standard InChI is InChI=1S/C14H14BrFN2O2/c1-8-14(20)11(9(7-19)5-17-8)6-18-10-2-3-12(15)13(16)4-10/h2-5,18-20H,6-7H2,1H3. The lowest BCUT2D eigenvalue weighted by Crippen LogP contribution is -2.05. The smallest absolute Gasteiger partial charge is 0.142 e. The van der Waals surface area contributed by atoms with E-state index in [0.717, 1.165) is 0 Å². The third kappa shape index (κ3) is 3.08. The summed E-state index contributed by atoms with van der Waals surface area (Å²) >= 11 is 3.09. The van der Waals surface area contributed by atoms with Crippen molar-refractivity contribution in [3.63, 3.8) is 0 Å². The molecule has 0 bridgehead atoms. The van der Waals surface area contributed by atoms with Gasteiger partial charge in [0.2, 0.25) is 0 Å². The van der Waals surface area contributed by atoms with Crippen LogP contribution in [0.4, 0.5) is 10.1 Å². The molecule has 0 unspecified atom stereocenters. The van der Waals surface area contributed by atoms with Crippen LogP contribution in [0.25, 0.3) is 0 Å². The van der Waals surface area contributed by atoms with Crippen molar-refractivity contribution in [2.24, 2.45) is 0 Å². The molecule has 106 valence electrons. The predicted octanol–water partition coefficient (Wildman–Crippen LogP) is 3.10. The average molecular weight is 341 g/mol. The van der Waals surface area contributed by atoms with Crippen LogP contribution in [0.2, 0.25) is 0 Å². The number of aromatic nitrogens is 1. The Labute approximate surface area is 124 Å². The molecule has 0 atom stereocenters. The van der Waals surface area contributed by atoms with Gasteiger partial charge < -0.3 is 15.5 Å². The van der Waals surface area contributed by atoms with Crippen molar-refractivity contribution in [2.75, 3.05) is 5.32 Å². The van der Waals surface area contributed by atoms with Gasteiger partial charge in [-0.3, -0.25) is 4.98 Å². The number of benzene rings is 1. The molecule has 0 fully saturated rings. The number of nitrogens with zero attached hydrogens (tertiary/aromatic N) is 1. The lowest BCUT2D eigenvalue weighted by atomic mass is 10.1. The Bertz CT molecular complexity index is 635. The Balaban J connectivity index is 2.22. The van der Waals surface area contributed by atoms with E-state index in [0.29, 0.717) is 27.0 Å². The summed E-state index contributed by atoms with van der Waals surface area (Å²) in [4.78, 5) is 3.99. The van der Waals surface area contributed by atoms with E-state index in [1.54, 1.807) is 19.1 Å². The zero-order chi connectivity index (χ0) is 14.7. The summed E-state index contributed by atoms with van der Waals surface area (Å²) in [6.45, 7) is 1.73. The molecule has 3 N–H and O–H groups in total. The molecular weight excluding hydrogens is 327 g/mol. The van der Waals surface area contributed by atoms with E-state index in [-0.39, 0.29) is 24.7 Å². The van der Waals surface area contributed by atoms with Crippen LogP contribution >= 0.6 is 15.9 Å². The highest BCUT2D eigenvalue weighted by Gasteiger charge is 2.11. The number of hydrogen-bond donors (Lipinski definition) is 3. The molecule has 0 saturated carbocycles. The summed E-state index contributed by atoms with van der Waals surface area (Å²) in [5.74, 6) is -0.325. The van der Waals surface area contributed by atoms with Gasteiger partial charge in [-0.2, -0.15) is 0 Å². The monoisotopic (exact) mass is 340 g/mol. The summed E-state index contributed by atoms with van der Waals surface area (Å²) in [6, 6.07) is 4.67. The molecule has 0 radical (unpaired) electrons. The van der Waals surface area contributed by atoms with Crippen LogP contribution in [0, 0.1) is 12.7 Å². The van der Waals surface area contributed by atoms with Crippen molar-refractivity contribution in [1.82, 2.24) is 4.98 Å². The van der Waals surface area contributed by atoms with Crippen LogP contribution in [0.1, 0.15) is 16.8 Å². The minimum absolute atomic E-state index is 0.0432. The molecule has 0 saturated heterocycles. The van der Waals surface area contributed by atoms with Gasteiger partial charge in [-0.1, -0.05) is 0 Å². The molecule has 0 spiro atoms. The minimum atomic E-state index is -0.368. The SMILES string of the molecule is Cc1ncc(CO)c(CNc2ccc(Br)c(F)c2)c1O. The van der Waals surface area contributed by atoms with Crippen LogP contribution in [0.15, 0.2) is 28.9 Å². The second-order valence-electron chi connectivity index (χ2n) is 4.34. The number of aliphatic hydroxyl groups is 1. The molecule has 2 rings (SSSR count). The fourth-order valence-corrected chi connectivity index (χ4v) is 2.06. The van der Waals surface area contributed by atoms with Crippen LogP contribution in [-0.4, -0.2) is 15.2 Å². The van der Waals surface area contributed by atoms with E-state index >= 15 is 0 Å². The van der Waals surface area contributed by atoms with E-state index in [4.69, 9.17) is 0 Å². The van der Waals surface area contributed by atoms with Gasteiger partial charge in [-0.05, 0) is 41.1 Å². The lowest BCUT2D eigenvalue weighted by Gasteiger charge is -2.13. The Morgan fingerprint density at radius 3 is 2.80 bits per heavy atom. The molecule has 4 nitrogen and oxygen atoms in total. The number of aliphatic hydroxyl groups excluding tert-OH is 1. The maximum Gasteiger partial charge on any atom is 0.142 e. The molecule has 1 heterocycles. The van der Waals surface area contributed by atoms with Gasteiger partial charge in [0.15, 0.2) is 0 Å². The molecule has 20 heavy (non-hydrogen) atoms. The topological polar surface area (TPSA) is 65.4 Å². The molecule has 0 amide bonds. The summed E-state index contributed by atoms with van der Waals surface area (Å²) in [5.41, 5.74) is 2.17. The molecule has 0 aliphatic carbocycles. The number of halogens is 2. The maximum absolute atomic E-state index is 13.4. The minimum Gasteiger partial charge on any atom is -0.506 e. The quantitative estimate of drug-likeness (QED) is 0.800. The highest BCUT2D eigenvalue weighted by Crippen LogP contribution is 2.26. The average Bonchev–Trinajstić information content (AvgIpc) is 2.44. The normalized spacial score (nSPS) is 10.6. The zero-order valence-corrected chi connectivity index (χ0v) is 12.4. The maximum atomic E-state index is 13.4. The zero-order valence-electron chi connectivity index (χ0n) is 10.8. The Morgan fingerprint density at radius 1 is 1.40 bits per heavy atom. The number of hydrogen-bond acceptors (Lipinski definition) is 4. The van der Waals surface area contributed by atoms with Crippen LogP contribution < -0.4 is 5.32 Å². The number of pyridine rings is 1. The molecule has 0 aliphatic heterocycles. The van der Waals surface area contributed by atoms with Crippen molar-refractivity contribution in [2.45, 2.75) is 20.1 Å². The third-order valence-corrected chi connectivity index (χ3v) is 3.63. The van der Waals surface area contributed by atoms with Crippen LogP contribution in [0.5, 0.6) is 5.75 Å². The predicted molar refractivity (Wildman–Crippen MR) is 78.0 cm³/mol. The van der Waals surface area contributed by atoms with Crippen molar-refractivity contribution < 1.29 is 14.6 Å². The summed E-state index contributed by atoms with van der Waals surface area (Å²) in [6.07, 6.45) is 1.52.